The zero-order valence-corrected chi connectivity index (χ0v) is 11.2. The highest BCUT2D eigenvalue weighted by Gasteiger charge is 2.26. The lowest BCUT2D eigenvalue weighted by atomic mass is 10.3. The van der Waals surface area contributed by atoms with E-state index in [9.17, 15) is 17.2 Å². The van der Waals surface area contributed by atoms with Gasteiger partial charge in [0.1, 0.15) is 16.5 Å². The molecule has 0 fully saturated rings. The zero-order valence-electron chi connectivity index (χ0n) is 10.4. The number of sulfonamides is 1. The van der Waals surface area contributed by atoms with E-state index in [0.29, 0.717) is 6.07 Å². The van der Waals surface area contributed by atoms with E-state index in [1.165, 1.54) is 0 Å². The number of rotatable bonds is 6. The van der Waals surface area contributed by atoms with Gasteiger partial charge in [0.05, 0.1) is 5.84 Å². The van der Waals surface area contributed by atoms with E-state index in [1.807, 2.05) is 0 Å². The van der Waals surface area contributed by atoms with Crippen LogP contribution in [0.1, 0.15) is 13.3 Å². The zero-order chi connectivity index (χ0) is 14.6. The third-order valence-corrected chi connectivity index (χ3v) is 4.50. The summed E-state index contributed by atoms with van der Waals surface area (Å²) in [7, 11) is -4.05. The van der Waals surface area contributed by atoms with Crippen LogP contribution in [-0.4, -0.2) is 31.6 Å². The number of nitrogens with zero attached hydrogens (tertiary/aromatic N) is 1. The van der Waals surface area contributed by atoms with Gasteiger partial charge in [-0.1, -0.05) is 6.92 Å². The molecule has 0 unspecified atom stereocenters. The quantitative estimate of drug-likeness (QED) is 0.612. The molecule has 8 heteroatoms. The Bertz CT molecular complexity index is 575. The molecule has 1 aromatic carbocycles. The number of hydrogen-bond acceptors (Lipinski definition) is 3. The molecule has 106 valence electrons. The Hall–Kier alpha value is -1.54. The van der Waals surface area contributed by atoms with Crippen LogP contribution in [0.15, 0.2) is 23.1 Å². The highest BCUT2D eigenvalue weighted by Crippen LogP contribution is 2.20. The Morgan fingerprint density at radius 2 is 2.05 bits per heavy atom. The van der Waals surface area contributed by atoms with Gasteiger partial charge in [-0.05, 0) is 12.1 Å². The summed E-state index contributed by atoms with van der Waals surface area (Å²) in [6.45, 7) is 1.66. The third kappa shape index (κ3) is 3.71. The maximum absolute atomic E-state index is 13.5. The molecule has 5 nitrogen and oxygen atoms in total. The summed E-state index contributed by atoms with van der Waals surface area (Å²) in [5.74, 6) is -2.14. The molecule has 1 aromatic rings. The van der Waals surface area contributed by atoms with Gasteiger partial charge < -0.3 is 5.73 Å². The van der Waals surface area contributed by atoms with Gasteiger partial charge in [-0.25, -0.2) is 17.2 Å². The van der Waals surface area contributed by atoms with Crippen LogP contribution >= 0.6 is 0 Å². The largest absolute Gasteiger partial charge is 0.388 e. The first-order valence-electron chi connectivity index (χ1n) is 5.57. The number of nitrogens with one attached hydrogen (secondary N) is 1. The Morgan fingerprint density at radius 1 is 1.42 bits per heavy atom. The molecule has 0 heterocycles. The predicted molar refractivity (Wildman–Crippen MR) is 67.3 cm³/mol. The van der Waals surface area contributed by atoms with Gasteiger partial charge in [-0.2, -0.15) is 4.31 Å². The van der Waals surface area contributed by atoms with Crippen molar-refractivity contribution in [3.63, 3.8) is 0 Å². The molecule has 3 N–H and O–H groups in total. The van der Waals surface area contributed by atoms with E-state index in [4.69, 9.17) is 11.1 Å². The lowest BCUT2D eigenvalue weighted by molar-refractivity contribution is 0.431. The number of hydrogen-bond donors (Lipinski definition) is 2. The maximum Gasteiger partial charge on any atom is 0.245 e. The summed E-state index contributed by atoms with van der Waals surface area (Å²) in [6, 6.07) is 2.29. The van der Waals surface area contributed by atoms with Crippen molar-refractivity contribution < 1.29 is 17.2 Å². The molecular formula is C11H15F2N3O2S. The number of halogens is 2. The standard InChI is InChI=1S/C11H15F2N3O2S/c1-2-16(6-5-11(14)15)19(17,18)10-4-3-8(12)7-9(10)13/h3-4,7H,2,5-6H2,1H3,(H3,14,15). The lowest BCUT2D eigenvalue weighted by Crippen LogP contribution is -2.34. The summed E-state index contributed by atoms with van der Waals surface area (Å²) in [6.07, 6.45) is 0.0515. The van der Waals surface area contributed by atoms with Crippen molar-refractivity contribution in [3.8, 4) is 0 Å². The Kier molecular flexibility index (Phi) is 4.96. The fraction of sp³-hybridized carbons (Fsp3) is 0.364. The van der Waals surface area contributed by atoms with Crippen LogP contribution in [0, 0.1) is 17.0 Å². The van der Waals surface area contributed by atoms with E-state index in [1.54, 1.807) is 6.92 Å². The molecule has 0 saturated carbocycles. The first-order valence-corrected chi connectivity index (χ1v) is 7.01. The molecule has 0 aliphatic heterocycles. The second-order valence-electron chi connectivity index (χ2n) is 3.85. The molecule has 0 saturated heterocycles. The molecule has 0 aliphatic rings. The summed E-state index contributed by atoms with van der Waals surface area (Å²) < 4.78 is 51.6. The summed E-state index contributed by atoms with van der Waals surface area (Å²) in [4.78, 5) is -0.584. The molecular weight excluding hydrogens is 276 g/mol. The molecule has 0 atom stereocenters. The Morgan fingerprint density at radius 3 is 2.53 bits per heavy atom. The van der Waals surface area contributed by atoms with Gasteiger partial charge in [0.15, 0.2) is 0 Å². The molecule has 0 bridgehead atoms. The molecule has 0 spiro atoms. The normalized spacial score (nSPS) is 11.8. The van der Waals surface area contributed by atoms with Crippen LogP contribution in [0.2, 0.25) is 0 Å². The monoisotopic (exact) mass is 291 g/mol. The van der Waals surface area contributed by atoms with Gasteiger partial charge in [0, 0.05) is 25.6 Å². The first-order chi connectivity index (χ1) is 8.78. The average molecular weight is 291 g/mol. The molecule has 1 rings (SSSR count). The van der Waals surface area contributed by atoms with Crippen molar-refractivity contribution in [3.05, 3.63) is 29.8 Å². The highest BCUT2D eigenvalue weighted by atomic mass is 32.2. The van der Waals surface area contributed by atoms with Crippen molar-refractivity contribution in [2.75, 3.05) is 13.1 Å². The minimum atomic E-state index is -4.05. The first kappa shape index (κ1) is 15.5. The molecule has 19 heavy (non-hydrogen) atoms. The second-order valence-corrected chi connectivity index (χ2v) is 5.75. The van der Waals surface area contributed by atoms with Crippen molar-refractivity contribution in [2.45, 2.75) is 18.2 Å². The Labute approximate surface area is 110 Å². The van der Waals surface area contributed by atoms with Gasteiger partial charge in [0.2, 0.25) is 10.0 Å². The van der Waals surface area contributed by atoms with Crippen molar-refractivity contribution >= 4 is 15.9 Å². The van der Waals surface area contributed by atoms with E-state index >= 15 is 0 Å². The van der Waals surface area contributed by atoms with Crippen LogP contribution in [0.5, 0.6) is 0 Å². The number of amidine groups is 1. The molecule has 0 amide bonds. The molecule has 0 aromatic heterocycles. The molecule has 0 radical (unpaired) electrons. The van der Waals surface area contributed by atoms with Gasteiger partial charge in [0.25, 0.3) is 0 Å². The van der Waals surface area contributed by atoms with Crippen molar-refractivity contribution in [1.82, 2.24) is 4.31 Å². The summed E-state index contributed by atoms with van der Waals surface area (Å²) in [5, 5.41) is 7.07. The van der Waals surface area contributed by atoms with Gasteiger partial charge >= 0.3 is 0 Å². The lowest BCUT2D eigenvalue weighted by Gasteiger charge is -2.20. The second kappa shape index (κ2) is 6.07. The SMILES string of the molecule is CCN(CCC(=N)N)S(=O)(=O)c1ccc(F)cc1F. The number of benzene rings is 1. The van der Waals surface area contributed by atoms with E-state index < -0.39 is 26.6 Å². The smallest absolute Gasteiger partial charge is 0.245 e. The van der Waals surface area contributed by atoms with Crippen LogP contribution in [0.25, 0.3) is 0 Å². The van der Waals surface area contributed by atoms with Gasteiger partial charge in [-0.15, -0.1) is 0 Å². The van der Waals surface area contributed by atoms with Gasteiger partial charge in [-0.3, -0.25) is 5.41 Å². The summed E-state index contributed by atoms with van der Waals surface area (Å²) >= 11 is 0. The van der Waals surface area contributed by atoms with Crippen LogP contribution in [0.4, 0.5) is 8.78 Å². The van der Waals surface area contributed by atoms with Crippen LogP contribution in [0.3, 0.4) is 0 Å². The number of nitrogens with two attached hydrogens (primary N) is 1. The summed E-state index contributed by atoms with van der Waals surface area (Å²) in [5.41, 5.74) is 5.17. The third-order valence-electron chi connectivity index (χ3n) is 2.50. The van der Waals surface area contributed by atoms with Crippen molar-refractivity contribution in [1.29, 1.82) is 5.41 Å². The van der Waals surface area contributed by atoms with Crippen molar-refractivity contribution in [2.24, 2.45) is 5.73 Å². The van der Waals surface area contributed by atoms with E-state index in [-0.39, 0.29) is 25.3 Å². The maximum atomic E-state index is 13.5. The van der Waals surface area contributed by atoms with Crippen LogP contribution in [-0.2, 0) is 10.0 Å². The highest BCUT2D eigenvalue weighted by molar-refractivity contribution is 7.89. The van der Waals surface area contributed by atoms with Crippen LogP contribution < -0.4 is 5.73 Å². The minimum absolute atomic E-state index is 0.0228. The van der Waals surface area contributed by atoms with E-state index in [2.05, 4.69) is 0 Å². The average Bonchev–Trinajstić information content (AvgIpc) is 2.28. The predicted octanol–water partition coefficient (Wildman–Crippen LogP) is 1.30. The molecule has 0 aliphatic carbocycles. The van der Waals surface area contributed by atoms with E-state index in [0.717, 1.165) is 16.4 Å². The fourth-order valence-electron chi connectivity index (χ4n) is 1.52. The minimum Gasteiger partial charge on any atom is -0.388 e. The Balaban J connectivity index is 3.09. The topological polar surface area (TPSA) is 87.2 Å². The fourth-order valence-corrected chi connectivity index (χ4v) is 3.01.